The maximum atomic E-state index is 11.6. The molecule has 2 aromatic rings. The lowest BCUT2D eigenvalue weighted by molar-refractivity contribution is -0.120. The van der Waals surface area contributed by atoms with E-state index in [1.807, 2.05) is 18.2 Å². The van der Waals surface area contributed by atoms with Crippen molar-refractivity contribution < 1.29 is 9.21 Å². The molecule has 1 N–H and O–H groups in total. The predicted octanol–water partition coefficient (Wildman–Crippen LogP) is 2.96. The minimum Gasteiger partial charge on any atom is -0.467 e. The number of hydrogen-bond donors (Lipinski definition) is 1. The van der Waals surface area contributed by atoms with Crippen molar-refractivity contribution in [2.75, 3.05) is 0 Å². The van der Waals surface area contributed by atoms with Crippen molar-refractivity contribution in [3.63, 3.8) is 0 Å². The Hall–Kier alpha value is -1.07. The summed E-state index contributed by atoms with van der Waals surface area (Å²) < 4.78 is 6.16. The van der Waals surface area contributed by atoms with Gasteiger partial charge < -0.3 is 9.73 Å². The van der Waals surface area contributed by atoms with E-state index in [0.717, 1.165) is 14.4 Å². The highest BCUT2D eigenvalue weighted by Gasteiger charge is 2.06. The molecule has 0 aliphatic heterocycles. The normalized spacial score (nSPS) is 10.3. The van der Waals surface area contributed by atoms with Gasteiger partial charge in [0.2, 0.25) is 5.91 Å². The van der Waals surface area contributed by atoms with Crippen LogP contribution in [0, 0.1) is 0 Å². The van der Waals surface area contributed by atoms with Crippen molar-refractivity contribution in [2.24, 2.45) is 0 Å². The van der Waals surface area contributed by atoms with Crippen molar-refractivity contribution in [3.8, 4) is 0 Å². The number of rotatable bonds is 4. The second-order valence-electron chi connectivity index (χ2n) is 3.24. The summed E-state index contributed by atoms with van der Waals surface area (Å²) in [4.78, 5) is 12.6. The summed E-state index contributed by atoms with van der Waals surface area (Å²) in [7, 11) is 0. The van der Waals surface area contributed by atoms with E-state index in [9.17, 15) is 4.79 Å². The van der Waals surface area contributed by atoms with Gasteiger partial charge in [-0.15, -0.1) is 11.3 Å². The average molecular weight is 300 g/mol. The first kappa shape index (κ1) is 11.4. The van der Waals surface area contributed by atoms with Crippen molar-refractivity contribution in [1.29, 1.82) is 0 Å². The van der Waals surface area contributed by atoms with Crippen molar-refractivity contribution >= 4 is 33.2 Å². The van der Waals surface area contributed by atoms with Crippen LogP contribution in [0.3, 0.4) is 0 Å². The van der Waals surface area contributed by atoms with Gasteiger partial charge in [0, 0.05) is 4.88 Å². The number of carbonyl (C=O) groups excluding carboxylic acids is 1. The fourth-order valence-electron chi connectivity index (χ4n) is 1.27. The first-order valence-electron chi connectivity index (χ1n) is 4.77. The Morgan fingerprint density at radius 2 is 2.31 bits per heavy atom. The second-order valence-corrected chi connectivity index (χ2v) is 5.79. The van der Waals surface area contributed by atoms with Crippen LogP contribution in [-0.4, -0.2) is 5.91 Å². The summed E-state index contributed by atoms with van der Waals surface area (Å²) in [6, 6.07) is 7.53. The molecule has 5 heteroatoms. The van der Waals surface area contributed by atoms with Crippen LogP contribution in [0.4, 0.5) is 0 Å². The van der Waals surface area contributed by atoms with Crippen LogP contribution in [-0.2, 0) is 17.8 Å². The molecule has 3 nitrogen and oxygen atoms in total. The Labute approximate surface area is 106 Å². The van der Waals surface area contributed by atoms with Gasteiger partial charge in [0.25, 0.3) is 0 Å². The highest BCUT2D eigenvalue weighted by atomic mass is 79.9. The number of nitrogens with one attached hydrogen (secondary N) is 1. The minimum absolute atomic E-state index is 0.00532. The van der Waals surface area contributed by atoms with Gasteiger partial charge in [0.05, 0.1) is 23.0 Å². The number of halogens is 1. The van der Waals surface area contributed by atoms with E-state index < -0.39 is 0 Å². The summed E-state index contributed by atoms with van der Waals surface area (Å²) in [5.41, 5.74) is 0. The molecule has 2 aromatic heterocycles. The smallest absolute Gasteiger partial charge is 0.225 e. The van der Waals surface area contributed by atoms with E-state index in [1.165, 1.54) is 0 Å². The van der Waals surface area contributed by atoms with Gasteiger partial charge in [-0.05, 0) is 40.2 Å². The van der Waals surface area contributed by atoms with Crippen molar-refractivity contribution in [3.05, 3.63) is 45.0 Å². The lowest BCUT2D eigenvalue weighted by Crippen LogP contribution is -2.23. The second kappa shape index (κ2) is 5.32. The molecule has 0 unspecified atom stereocenters. The van der Waals surface area contributed by atoms with Crippen LogP contribution < -0.4 is 5.32 Å². The molecule has 0 saturated heterocycles. The third-order valence-electron chi connectivity index (χ3n) is 2.00. The van der Waals surface area contributed by atoms with Gasteiger partial charge in [0.1, 0.15) is 5.76 Å². The quantitative estimate of drug-likeness (QED) is 0.943. The molecule has 0 radical (unpaired) electrons. The first-order chi connectivity index (χ1) is 7.74. The average Bonchev–Trinajstić information content (AvgIpc) is 2.87. The van der Waals surface area contributed by atoms with E-state index in [1.54, 1.807) is 23.7 Å². The molecule has 0 atom stereocenters. The van der Waals surface area contributed by atoms with Gasteiger partial charge in [0.15, 0.2) is 0 Å². The number of thiophene rings is 1. The molecule has 0 aromatic carbocycles. The van der Waals surface area contributed by atoms with Gasteiger partial charge in [-0.1, -0.05) is 0 Å². The predicted molar refractivity (Wildman–Crippen MR) is 66.3 cm³/mol. The van der Waals surface area contributed by atoms with Crippen LogP contribution in [0.1, 0.15) is 10.6 Å². The van der Waals surface area contributed by atoms with E-state index in [-0.39, 0.29) is 5.91 Å². The third kappa shape index (κ3) is 3.21. The van der Waals surface area contributed by atoms with Gasteiger partial charge >= 0.3 is 0 Å². The molecule has 0 bridgehead atoms. The van der Waals surface area contributed by atoms with E-state index in [2.05, 4.69) is 21.2 Å². The van der Waals surface area contributed by atoms with Crippen LogP contribution in [0.15, 0.2) is 38.7 Å². The molecule has 2 rings (SSSR count). The summed E-state index contributed by atoms with van der Waals surface area (Å²) in [6.45, 7) is 0.443. The molecule has 0 aliphatic rings. The summed E-state index contributed by atoms with van der Waals surface area (Å²) in [5, 5.41) is 2.80. The molecule has 0 fully saturated rings. The molecule has 16 heavy (non-hydrogen) atoms. The number of hydrogen-bond acceptors (Lipinski definition) is 3. The Morgan fingerprint density at radius 3 is 2.94 bits per heavy atom. The molecule has 84 valence electrons. The Kier molecular flexibility index (Phi) is 3.79. The van der Waals surface area contributed by atoms with E-state index >= 15 is 0 Å². The molecule has 0 aliphatic carbocycles. The minimum atomic E-state index is 0.00532. The molecule has 2 heterocycles. The van der Waals surface area contributed by atoms with E-state index in [0.29, 0.717) is 13.0 Å². The Balaban J connectivity index is 1.81. The number of amides is 1. The third-order valence-corrected chi connectivity index (χ3v) is 3.63. The first-order valence-corrected chi connectivity index (χ1v) is 6.38. The largest absolute Gasteiger partial charge is 0.467 e. The number of furan rings is 1. The van der Waals surface area contributed by atoms with Gasteiger partial charge in [-0.3, -0.25) is 4.79 Å². The summed E-state index contributed by atoms with van der Waals surface area (Å²) >= 11 is 4.94. The molecule has 0 spiro atoms. The van der Waals surface area contributed by atoms with E-state index in [4.69, 9.17) is 4.42 Å². The Bertz CT molecular complexity index is 464. The topological polar surface area (TPSA) is 42.2 Å². The molecular formula is C11H10BrNO2S. The molecular weight excluding hydrogens is 290 g/mol. The Morgan fingerprint density at radius 1 is 1.44 bits per heavy atom. The zero-order valence-corrected chi connectivity index (χ0v) is 10.8. The fourth-order valence-corrected chi connectivity index (χ4v) is 2.75. The SMILES string of the molecule is O=C(Cc1ccc(Br)s1)NCc1ccco1. The van der Waals surface area contributed by atoms with Crippen molar-refractivity contribution in [1.82, 2.24) is 5.32 Å². The van der Waals surface area contributed by atoms with Gasteiger partial charge in [-0.2, -0.15) is 0 Å². The highest BCUT2D eigenvalue weighted by Crippen LogP contribution is 2.22. The zero-order chi connectivity index (χ0) is 11.4. The van der Waals surface area contributed by atoms with Crippen LogP contribution in [0.2, 0.25) is 0 Å². The van der Waals surface area contributed by atoms with Crippen LogP contribution >= 0.6 is 27.3 Å². The van der Waals surface area contributed by atoms with Crippen molar-refractivity contribution in [2.45, 2.75) is 13.0 Å². The number of carbonyl (C=O) groups is 1. The fraction of sp³-hybridized carbons (Fsp3) is 0.182. The standard InChI is InChI=1S/C11H10BrNO2S/c12-10-4-3-9(16-10)6-11(14)13-7-8-2-1-5-15-8/h1-5H,6-7H2,(H,13,14). The zero-order valence-electron chi connectivity index (χ0n) is 8.40. The molecule has 1 amide bonds. The highest BCUT2D eigenvalue weighted by molar-refractivity contribution is 9.11. The van der Waals surface area contributed by atoms with Crippen LogP contribution in [0.5, 0.6) is 0 Å². The van der Waals surface area contributed by atoms with Crippen LogP contribution in [0.25, 0.3) is 0 Å². The maximum Gasteiger partial charge on any atom is 0.225 e. The summed E-state index contributed by atoms with van der Waals surface area (Å²) in [6.07, 6.45) is 2.01. The van der Waals surface area contributed by atoms with Gasteiger partial charge in [-0.25, -0.2) is 0 Å². The summed E-state index contributed by atoms with van der Waals surface area (Å²) in [5.74, 6) is 0.770. The lowest BCUT2D eigenvalue weighted by atomic mass is 10.3. The maximum absolute atomic E-state index is 11.6. The monoisotopic (exact) mass is 299 g/mol. The molecule has 0 saturated carbocycles. The lowest BCUT2D eigenvalue weighted by Gasteiger charge is -2.01.